The van der Waals surface area contributed by atoms with Crippen molar-refractivity contribution in [1.29, 1.82) is 0 Å². The summed E-state index contributed by atoms with van der Waals surface area (Å²) in [5.41, 5.74) is 0.432. The molecule has 1 saturated heterocycles. The minimum atomic E-state index is -3.45. The molecule has 0 aliphatic carbocycles. The van der Waals surface area contributed by atoms with E-state index in [4.69, 9.17) is 0 Å². The van der Waals surface area contributed by atoms with Crippen LogP contribution in [0.4, 0.5) is 5.69 Å². The Kier molecular flexibility index (Phi) is 5.12. The number of nitrogens with zero attached hydrogens (tertiary/aromatic N) is 1. The predicted molar refractivity (Wildman–Crippen MR) is 87.4 cm³/mol. The van der Waals surface area contributed by atoms with E-state index >= 15 is 0 Å². The fraction of sp³-hybridized carbons (Fsp3) is 0.500. The number of hydrogen-bond donors (Lipinski definition) is 1. The smallest absolute Gasteiger partial charge is 0.242 e. The predicted octanol–water partition coefficient (Wildman–Crippen LogP) is 0.843. The van der Waals surface area contributed by atoms with E-state index in [1.54, 1.807) is 0 Å². The van der Waals surface area contributed by atoms with E-state index in [0.717, 1.165) is 25.4 Å². The average molecular weight is 360 g/mol. The van der Waals surface area contributed by atoms with Crippen LogP contribution in [0.15, 0.2) is 29.2 Å². The third-order valence-electron chi connectivity index (χ3n) is 3.73. The van der Waals surface area contributed by atoms with Gasteiger partial charge in [0.15, 0.2) is 9.84 Å². The van der Waals surface area contributed by atoms with Crippen LogP contribution in [0.2, 0.25) is 0 Å². The van der Waals surface area contributed by atoms with Crippen LogP contribution in [0.1, 0.15) is 19.3 Å². The summed E-state index contributed by atoms with van der Waals surface area (Å²) in [5, 5.41) is 2.65. The lowest BCUT2D eigenvalue weighted by Crippen LogP contribution is -2.49. The summed E-state index contributed by atoms with van der Waals surface area (Å²) in [4.78, 5) is 12.5. The standard InChI is InChI=1S/C14H20N2O5S2/c1-22(18,19)12-8-6-11(7-9-12)15-14(17)13-5-3-4-10-16(13)23(2,20)21/h6-9,13H,3-5,10H2,1-2H3,(H,15,17). The number of benzene rings is 1. The van der Waals surface area contributed by atoms with Crippen LogP contribution in [0, 0.1) is 0 Å². The van der Waals surface area contributed by atoms with Gasteiger partial charge in [-0.25, -0.2) is 16.8 Å². The van der Waals surface area contributed by atoms with E-state index in [1.165, 1.54) is 28.6 Å². The number of amides is 1. The molecule has 0 aromatic heterocycles. The van der Waals surface area contributed by atoms with E-state index in [9.17, 15) is 21.6 Å². The second kappa shape index (κ2) is 6.58. The molecular formula is C14H20N2O5S2. The Morgan fingerprint density at radius 3 is 2.22 bits per heavy atom. The van der Waals surface area contributed by atoms with Gasteiger partial charge in [-0.3, -0.25) is 4.79 Å². The van der Waals surface area contributed by atoms with Crippen molar-refractivity contribution in [1.82, 2.24) is 4.31 Å². The van der Waals surface area contributed by atoms with E-state index in [1.807, 2.05) is 0 Å². The molecule has 1 aliphatic heterocycles. The zero-order valence-electron chi connectivity index (χ0n) is 13.0. The van der Waals surface area contributed by atoms with Gasteiger partial charge in [-0.15, -0.1) is 0 Å². The van der Waals surface area contributed by atoms with Crippen LogP contribution in [0.25, 0.3) is 0 Å². The number of rotatable bonds is 4. The molecule has 0 saturated carbocycles. The van der Waals surface area contributed by atoms with Gasteiger partial charge in [0, 0.05) is 18.5 Å². The van der Waals surface area contributed by atoms with Crippen molar-refractivity contribution in [2.24, 2.45) is 0 Å². The zero-order valence-corrected chi connectivity index (χ0v) is 14.7. The van der Waals surface area contributed by atoms with Crippen molar-refractivity contribution in [3.8, 4) is 0 Å². The van der Waals surface area contributed by atoms with Gasteiger partial charge in [0.25, 0.3) is 0 Å². The third kappa shape index (κ3) is 4.52. The fourth-order valence-electron chi connectivity index (χ4n) is 2.58. The summed E-state index contributed by atoms with van der Waals surface area (Å²) in [6.45, 7) is 0.337. The number of anilines is 1. The first-order valence-electron chi connectivity index (χ1n) is 7.17. The highest BCUT2D eigenvalue weighted by Gasteiger charge is 2.34. The lowest BCUT2D eigenvalue weighted by Gasteiger charge is -2.32. The molecule has 128 valence electrons. The number of carbonyl (C=O) groups excluding carboxylic acids is 1. The number of sulfonamides is 1. The summed E-state index contributed by atoms with van der Waals surface area (Å²) in [5.74, 6) is -0.401. The van der Waals surface area contributed by atoms with Crippen LogP contribution in [-0.2, 0) is 24.7 Å². The summed E-state index contributed by atoms with van der Waals surface area (Å²) >= 11 is 0. The first-order chi connectivity index (χ1) is 10.6. The Morgan fingerprint density at radius 2 is 1.70 bits per heavy atom. The monoisotopic (exact) mass is 360 g/mol. The molecule has 0 spiro atoms. The van der Waals surface area contributed by atoms with Gasteiger partial charge in [-0.2, -0.15) is 4.31 Å². The van der Waals surface area contributed by atoms with Crippen LogP contribution in [0.5, 0.6) is 0 Å². The highest BCUT2D eigenvalue weighted by molar-refractivity contribution is 7.90. The molecule has 1 amide bonds. The lowest BCUT2D eigenvalue weighted by atomic mass is 10.0. The van der Waals surface area contributed by atoms with Crippen LogP contribution in [-0.4, -0.2) is 52.1 Å². The molecule has 23 heavy (non-hydrogen) atoms. The zero-order chi connectivity index (χ0) is 17.3. The maximum Gasteiger partial charge on any atom is 0.242 e. The summed E-state index contributed by atoms with van der Waals surface area (Å²) < 4.78 is 47.6. The first kappa shape index (κ1) is 17.9. The van der Waals surface area contributed by atoms with Crippen molar-refractivity contribution >= 4 is 31.5 Å². The first-order valence-corrected chi connectivity index (χ1v) is 10.9. The largest absolute Gasteiger partial charge is 0.325 e. The van der Waals surface area contributed by atoms with E-state index in [0.29, 0.717) is 18.7 Å². The molecule has 0 bridgehead atoms. The van der Waals surface area contributed by atoms with Crippen molar-refractivity contribution in [3.05, 3.63) is 24.3 Å². The third-order valence-corrected chi connectivity index (χ3v) is 6.15. The molecule has 1 atom stereocenters. The normalized spacial score (nSPS) is 20.2. The Balaban J connectivity index is 2.14. The molecule has 1 fully saturated rings. The van der Waals surface area contributed by atoms with Gasteiger partial charge < -0.3 is 5.32 Å². The maximum atomic E-state index is 12.4. The van der Waals surface area contributed by atoms with E-state index < -0.39 is 31.8 Å². The number of nitrogens with one attached hydrogen (secondary N) is 1. The lowest BCUT2D eigenvalue weighted by molar-refractivity contribution is -0.120. The number of carbonyl (C=O) groups is 1. The van der Waals surface area contributed by atoms with E-state index in [-0.39, 0.29) is 4.90 Å². The Hall–Kier alpha value is -1.45. The van der Waals surface area contributed by atoms with Gasteiger partial charge in [0.1, 0.15) is 6.04 Å². The molecule has 1 aromatic carbocycles. The molecule has 1 heterocycles. The van der Waals surface area contributed by atoms with E-state index in [2.05, 4.69) is 5.32 Å². The fourth-order valence-corrected chi connectivity index (χ4v) is 4.33. The van der Waals surface area contributed by atoms with Crippen molar-refractivity contribution < 1.29 is 21.6 Å². The van der Waals surface area contributed by atoms with Gasteiger partial charge in [-0.1, -0.05) is 6.42 Å². The van der Waals surface area contributed by atoms with Crippen LogP contribution < -0.4 is 5.32 Å². The topological polar surface area (TPSA) is 101 Å². The Bertz CT molecular complexity index is 785. The number of piperidine rings is 1. The Morgan fingerprint density at radius 1 is 1.09 bits per heavy atom. The SMILES string of the molecule is CS(=O)(=O)c1ccc(NC(=O)C2CCCCN2S(C)(=O)=O)cc1. The quantitative estimate of drug-likeness (QED) is 0.858. The molecular weight excluding hydrogens is 340 g/mol. The highest BCUT2D eigenvalue weighted by atomic mass is 32.2. The summed E-state index contributed by atoms with van der Waals surface area (Å²) in [7, 11) is -6.74. The molecule has 7 nitrogen and oxygen atoms in total. The number of sulfone groups is 1. The second-order valence-corrected chi connectivity index (χ2v) is 9.62. The molecule has 1 N–H and O–H groups in total. The van der Waals surface area contributed by atoms with Crippen molar-refractivity contribution in [3.63, 3.8) is 0 Å². The molecule has 1 aliphatic rings. The Labute approximate surface area is 136 Å². The number of hydrogen-bond acceptors (Lipinski definition) is 5. The van der Waals surface area contributed by atoms with Gasteiger partial charge in [0.2, 0.25) is 15.9 Å². The minimum absolute atomic E-state index is 0.158. The summed E-state index contributed by atoms with van der Waals surface area (Å²) in [6, 6.07) is 5.05. The van der Waals surface area contributed by atoms with Gasteiger partial charge in [-0.05, 0) is 37.1 Å². The summed E-state index contributed by atoms with van der Waals surface area (Å²) in [6.07, 6.45) is 4.20. The van der Waals surface area contributed by atoms with Gasteiger partial charge in [0.05, 0.1) is 11.2 Å². The average Bonchev–Trinajstić information content (AvgIpc) is 2.46. The van der Waals surface area contributed by atoms with Crippen LogP contribution in [0.3, 0.4) is 0 Å². The molecule has 9 heteroatoms. The van der Waals surface area contributed by atoms with Gasteiger partial charge >= 0.3 is 0 Å². The maximum absolute atomic E-state index is 12.4. The molecule has 1 unspecified atom stereocenters. The minimum Gasteiger partial charge on any atom is -0.325 e. The van der Waals surface area contributed by atoms with Crippen molar-refractivity contribution in [2.75, 3.05) is 24.4 Å². The molecule has 2 rings (SSSR count). The van der Waals surface area contributed by atoms with Crippen molar-refractivity contribution in [2.45, 2.75) is 30.2 Å². The molecule has 0 radical (unpaired) electrons. The van der Waals surface area contributed by atoms with Crippen LogP contribution >= 0.6 is 0 Å². The second-order valence-electron chi connectivity index (χ2n) is 5.67. The molecule has 1 aromatic rings. The highest BCUT2D eigenvalue weighted by Crippen LogP contribution is 2.22.